The summed E-state index contributed by atoms with van der Waals surface area (Å²) in [7, 11) is 1.69. The minimum Gasteiger partial charge on any atom is -0.497 e. The summed E-state index contributed by atoms with van der Waals surface area (Å²) < 4.78 is 5.52. The van der Waals surface area contributed by atoms with Crippen LogP contribution in [0.4, 0.5) is 0 Å². The van der Waals surface area contributed by atoms with Gasteiger partial charge in [-0.15, -0.1) is 0 Å². The van der Waals surface area contributed by atoms with Crippen molar-refractivity contribution < 1.29 is 14.6 Å². The van der Waals surface area contributed by atoms with Crippen molar-refractivity contribution in [2.24, 2.45) is 0 Å². The number of carboxylic acid groups (broad SMARTS) is 1. The topological polar surface area (TPSA) is 46.5 Å². The van der Waals surface area contributed by atoms with E-state index in [4.69, 9.17) is 4.74 Å². The summed E-state index contributed by atoms with van der Waals surface area (Å²) in [6.45, 7) is 9.41. The predicted molar refractivity (Wildman–Crippen MR) is 152 cm³/mol. The summed E-state index contributed by atoms with van der Waals surface area (Å²) in [6, 6.07) is 28.8. The Morgan fingerprint density at radius 3 is 1.97 bits per heavy atom. The van der Waals surface area contributed by atoms with E-state index in [0.717, 1.165) is 40.0 Å². The Morgan fingerprint density at radius 2 is 1.30 bits per heavy atom. The van der Waals surface area contributed by atoms with Gasteiger partial charge in [0.15, 0.2) is 0 Å². The van der Waals surface area contributed by atoms with Gasteiger partial charge in [-0.2, -0.15) is 0 Å². The predicted octanol–water partition coefficient (Wildman–Crippen LogP) is 8.74. The lowest BCUT2D eigenvalue weighted by atomic mass is 9.63. The molecule has 37 heavy (non-hydrogen) atoms. The molecule has 0 amide bonds. The normalized spacial score (nSPS) is 15.6. The van der Waals surface area contributed by atoms with Crippen LogP contribution in [0.15, 0.2) is 84.9 Å². The van der Waals surface area contributed by atoms with Crippen LogP contribution in [-0.2, 0) is 10.8 Å². The SMILES string of the molecule is COc1cccc(-c2ccc(-c3ccc(C(=O)O)cc3)cc2-c2ccc3c(c2)C(C)(C)CCC3(C)C)c1. The standard InChI is InChI=1S/C34H34O3/c1-33(2)17-18-34(3,4)31-21-26(14-16-30(31)33)29-20-24(22-9-11-23(12-10-22)32(35)36)13-15-28(29)25-7-6-8-27(19-25)37-5/h6-16,19-21H,17-18H2,1-5H3,(H,35,36). The molecule has 0 heterocycles. The number of carboxylic acids is 1. The molecule has 0 radical (unpaired) electrons. The highest BCUT2D eigenvalue weighted by atomic mass is 16.5. The fourth-order valence-electron chi connectivity index (χ4n) is 5.57. The molecule has 1 N–H and O–H groups in total. The van der Waals surface area contributed by atoms with Crippen LogP contribution in [0.3, 0.4) is 0 Å². The second-order valence-electron chi connectivity index (χ2n) is 11.4. The van der Waals surface area contributed by atoms with E-state index in [1.54, 1.807) is 19.2 Å². The minimum atomic E-state index is -0.916. The first-order valence-electron chi connectivity index (χ1n) is 12.9. The van der Waals surface area contributed by atoms with E-state index in [0.29, 0.717) is 0 Å². The Labute approximate surface area is 219 Å². The fourth-order valence-corrected chi connectivity index (χ4v) is 5.57. The second-order valence-corrected chi connectivity index (χ2v) is 11.4. The highest BCUT2D eigenvalue weighted by molar-refractivity contribution is 5.90. The Morgan fingerprint density at radius 1 is 0.676 bits per heavy atom. The van der Waals surface area contributed by atoms with E-state index in [9.17, 15) is 9.90 Å². The van der Waals surface area contributed by atoms with Gasteiger partial charge in [0.1, 0.15) is 5.75 Å². The summed E-state index contributed by atoms with van der Waals surface area (Å²) in [5, 5.41) is 9.31. The van der Waals surface area contributed by atoms with E-state index >= 15 is 0 Å². The molecule has 0 saturated carbocycles. The number of benzene rings is 4. The van der Waals surface area contributed by atoms with Gasteiger partial charge < -0.3 is 9.84 Å². The second kappa shape index (κ2) is 9.23. The number of carbonyl (C=O) groups is 1. The molecular formula is C34H34O3. The van der Waals surface area contributed by atoms with Crippen molar-refractivity contribution in [1.29, 1.82) is 0 Å². The van der Waals surface area contributed by atoms with Crippen molar-refractivity contribution in [2.45, 2.75) is 51.4 Å². The molecule has 0 saturated heterocycles. The van der Waals surface area contributed by atoms with E-state index in [1.165, 1.54) is 23.1 Å². The minimum absolute atomic E-state index is 0.112. The van der Waals surface area contributed by atoms with E-state index in [-0.39, 0.29) is 16.4 Å². The molecule has 4 aromatic carbocycles. The molecule has 0 unspecified atom stereocenters. The maximum atomic E-state index is 11.3. The van der Waals surface area contributed by atoms with Gasteiger partial charge in [0, 0.05) is 0 Å². The number of methoxy groups -OCH3 is 1. The number of fused-ring (bicyclic) bond motifs is 1. The molecule has 1 aliphatic carbocycles. The lowest BCUT2D eigenvalue weighted by molar-refractivity contribution is 0.0697. The maximum Gasteiger partial charge on any atom is 0.335 e. The lowest BCUT2D eigenvalue weighted by Crippen LogP contribution is -2.33. The van der Waals surface area contributed by atoms with Crippen LogP contribution in [-0.4, -0.2) is 18.2 Å². The molecular weight excluding hydrogens is 456 g/mol. The molecule has 188 valence electrons. The summed E-state index contributed by atoms with van der Waals surface area (Å²) in [5.74, 6) is -0.0923. The van der Waals surface area contributed by atoms with Crippen LogP contribution < -0.4 is 4.74 Å². The average molecular weight is 491 g/mol. The Balaban J connectivity index is 1.71. The molecule has 0 aromatic heterocycles. The third-order valence-electron chi connectivity index (χ3n) is 8.03. The third-order valence-corrected chi connectivity index (χ3v) is 8.03. The smallest absolute Gasteiger partial charge is 0.335 e. The van der Waals surface area contributed by atoms with Crippen LogP contribution >= 0.6 is 0 Å². The molecule has 0 bridgehead atoms. The van der Waals surface area contributed by atoms with Crippen LogP contribution in [0, 0.1) is 0 Å². The molecule has 5 rings (SSSR count). The summed E-state index contributed by atoms with van der Waals surface area (Å²) in [6.07, 6.45) is 2.35. The van der Waals surface area contributed by atoms with Gasteiger partial charge in [-0.25, -0.2) is 4.79 Å². The van der Waals surface area contributed by atoms with Gasteiger partial charge in [0.05, 0.1) is 12.7 Å². The van der Waals surface area contributed by atoms with Gasteiger partial charge in [-0.3, -0.25) is 0 Å². The van der Waals surface area contributed by atoms with Crippen molar-refractivity contribution in [3.8, 4) is 39.1 Å². The monoisotopic (exact) mass is 490 g/mol. The molecule has 1 aliphatic rings. The van der Waals surface area contributed by atoms with Gasteiger partial charge in [-0.05, 0) is 98.5 Å². The van der Waals surface area contributed by atoms with E-state index in [2.05, 4.69) is 76.2 Å². The van der Waals surface area contributed by atoms with Crippen LogP contribution in [0.5, 0.6) is 5.75 Å². The molecule has 3 heteroatoms. The van der Waals surface area contributed by atoms with Gasteiger partial charge in [-0.1, -0.05) is 82.3 Å². The quantitative estimate of drug-likeness (QED) is 0.304. The largest absolute Gasteiger partial charge is 0.497 e. The van der Waals surface area contributed by atoms with Crippen LogP contribution in [0.25, 0.3) is 33.4 Å². The lowest BCUT2D eigenvalue weighted by Gasteiger charge is -2.42. The Hall–Kier alpha value is -3.85. The summed E-state index contributed by atoms with van der Waals surface area (Å²) in [5.41, 5.74) is 10.0. The van der Waals surface area contributed by atoms with Gasteiger partial charge in [0.25, 0.3) is 0 Å². The molecule has 0 fully saturated rings. The van der Waals surface area contributed by atoms with Crippen molar-refractivity contribution >= 4 is 5.97 Å². The molecule has 4 aromatic rings. The van der Waals surface area contributed by atoms with E-state index in [1.807, 2.05) is 24.3 Å². The molecule has 0 aliphatic heterocycles. The van der Waals surface area contributed by atoms with Gasteiger partial charge >= 0.3 is 5.97 Å². The van der Waals surface area contributed by atoms with Crippen molar-refractivity contribution in [3.63, 3.8) is 0 Å². The zero-order chi connectivity index (χ0) is 26.4. The number of aromatic carboxylic acids is 1. The summed E-state index contributed by atoms with van der Waals surface area (Å²) in [4.78, 5) is 11.3. The fraction of sp³-hybridized carbons (Fsp3) is 0.265. The Bertz CT molecular complexity index is 1480. The number of rotatable bonds is 5. The van der Waals surface area contributed by atoms with Gasteiger partial charge in [0.2, 0.25) is 0 Å². The Kier molecular flexibility index (Phi) is 6.19. The maximum absolute atomic E-state index is 11.3. The van der Waals surface area contributed by atoms with Crippen LogP contribution in [0.2, 0.25) is 0 Å². The first kappa shape index (κ1) is 24.8. The van der Waals surface area contributed by atoms with Crippen molar-refractivity contribution in [3.05, 3.63) is 102 Å². The zero-order valence-corrected chi connectivity index (χ0v) is 22.3. The molecule has 0 spiro atoms. The number of hydrogen-bond donors (Lipinski definition) is 1. The third kappa shape index (κ3) is 4.67. The van der Waals surface area contributed by atoms with Crippen molar-refractivity contribution in [2.75, 3.05) is 7.11 Å². The average Bonchev–Trinajstić information content (AvgIpc) is 2.91. The zero-order valence-electron chi connectivity index (χ0n) is 22.3. The number of ether oxygens (including phenoxy) is 1. The van der Waals surface area contributed by atoms with Crippen LogP contribution in [0.1, 0.15) is 62.0 Å². The first-order chi connectivity index (χ1) is 17.6. The van der Waals surface area contributed by atoms with E-state index < -0.39 is 5.97 Å². The highest BCUT2D eigenvalue weighted by Crippen LogP contribution is 2.47. The number of hydrogen-bond acceptors (Lipinski definition) is 2. The molecule has 3 nitrogen and oxygen atoms in total. The molecule has 0 atom stereocenters. The highest BCUT2D eigenvalue weighted by Gasteiger charge is 2.37. The first-order valence-corrected chi connectivity index (χ1v) is 12.9. The summed E-state index contributed by atoms with van der Waals surface area (Å²) >= 11 is 0. The van der Waals surface area contributed by atoms with Crippen molar-refractivity contribution in [1.82, 2.24) is 0 Å².